The third-order valence-corrected chi connectivity index (χ3v) is 6.44. The Balaban J connectivity index is 2.02. The van der Waals surface area contributed by atoms with E-state index in [0.717, 1.165) is 50.7 Å². The number of hydrogen-bond acceptors (Lipinski definition) is 6. The fourth-order valence-corrected chi connectivity index (χ4v) is 4.61. The number of methoxy groups -OCH3 is 2. The quantitative estimate of drug-likeness (QED) is 0.264. The molecular formula is C27H42N2O5. The lowest BCUT2D eigenvalue weighted by Gasteiger charge is -2.41. The first-order chi connectivity index (χ1) is 16.1. The van der Waals surface area contributed by atoms with Crippen LogP contribution in [0.15, 0.2) is 36.4 Å². The van der Waals surface area contributed by atoms with Crippen molar-refractivity contribution >= 4 is 12.4 Å². The molecule has 3 atom stereocenters. The maximum Gasteiger partial charge on any atom is 0.407 e. The molecule has 7 nitrogen and oxygen atoms in total. The molecule has 190 valence electrons. The van der Waals surface area contributed by atoms with Gasteiger partial charge in [-0.15, -0.1) is 0 Å². The first-order valence-electron chi connectivity index (χ1n) is 12.1. The Hall–Kier alpha value is -2.38. The molecule has 0 saturated carbocycles. The first kappa shape index (κ1) is 27.9. The second-order valence-electron chi connectivity index (χ2n) is 10.1. The van der Waals surface area contributed by atoms with Crippen LogP contribution in [0, 0.1) is 0 Å². The minimum absolute atomic E-state index is 0.181. The molecule has 1 N–H and O–H groups in total. The van der Waals surface area contributed by atoms with Crippen LogP contribution in [0.1, 0.15) is 65.4 Å². The Labute approximate surface area is 204 Å². The summed E-state index contributed by atoms with van der Waals surface area (Å²) in [6.07, 6.45) is 8.65. The molecule has 1 aromatic carbocycles. The van der Waals surface area contributed by atoms with Crippen LogP contribution >= 0.6 is 0 Å². The molecular weight excluding hydrogens is 432 g/mol. The first-order valence-corrected chi connectivity index (χ1v) is 12.1. The zero-order valence-corrected chi connectivity index (χ0v) is 21.6. The fraction of sp³-hybridized carbons (Fsp3) is 0.630. The molecule has 1 aliphatic heterocycles. The molecule has 1 heterocycles. The summed E-state index contributed by atoms with van der Waals surface area (Å²) in [5.41, 5.74) is 0.350. The number of likely N-dealkylation sites (tertiary alicyclic amines) is 1. The van der Waals surface area contributed by atoms with E-state index >= 15 is 0 Å². The highest BCUT2D eigenvalue weighted by atomic mass is 16.6. The van der Waals surface area contributed by atoms with E-state index in [1.165, 1.54) is 5.56 Å². The normalized spacial score (nSPS) is 20.8. The average Bonchev–Trinajstić information content (AvgIpc) is 3.19. The number of amides is 1. The van der Waals surface area contributed by atoms with Crippen LogP contribution in [0.3, 0.4) is 0 Å². The van der Waals surface area contributed by atoms with Gasteiger partial charge in [-0.2, -0.15) is 0 Å². The Morgan fingerprint density at radius 3 is 2.41 bits per heavy atom. The SMILES string of the molecule is COc1ccc(CN2[C@H](/C=C\C=O)CC[C@@H]2[C@](C)(CCCCNC(=O)OC(C)(C)C)OC)cc1. The summed E-state index contributed by atoms with van der Waals surface area (Å²) in [6.45, 7) is 9.07. The van der Waals surface area contributed by atoms with E-state index in [4.69, 9.17) is 14.2 Å². The van der Waals surface area contributed by atoms with Crippen LogP contribution in [0.4, 0.5) is 4.79 Å². The number of nitrogens with one attached hydrogen (secondary N) is 1. The standard InChI is InChI=1S/C27H42N2O5/c1-26(2,3)34-25(31)28-18-8-7-17-27(4,33-6)24-16-13-22(10-9-19-30)29(24)20-21-11-14-23(32-5)15-12-21/h9-12,14-15,19,22,24H,7-8,13,16-18,20H2,1-6H3,(H,28,31)/b10-9-/t22-,24-,27+/m1/s1. The molecule has 0 aliphatic carbocycles. The second-order valence-corrected chi connectivity index (χ2v) is 10.1. The summed E-state index contributed by atoms with van der Waals surface area (Å²) >= 11 is 0. The van der Waals surface area contributed by atoms with Crippen LogP contribution in [-0.2, 0) is 20.8 Å². The molecule has 1 aliphatic rings. The lowest BCUT2D eigenvalue weighted by molar-refractivity contribution is -0.104. The van der Waals surface area contributed by atoms with Crippen molar-refractivity contribution in [2.45, 2.75) is 89.6 Å². The number of nitrogens with zero attached hydrogens (tertiary/aromatic N) is 1. The lowest BCUT2D eigenvalue weighted by Crippen LogP contribution is -2.50. The number of alkyl carbamates (subject to hydrolysis) is 1. The van der Waals surface area contributed by atoms with E-state index in [1.54, 1.807) is 20.3 Å². The maximum absolute atomic E-state index is 11.9. The van der Waals surface area contributed by atoms with Gasteiger partial charge in [0.1, 0.15) is 17.6 Å². The molecule has 1 saturated heterocycles. The van der Waals surface area contributed by atoms with Crippen molar-refractivity contribution in [3.8, 4) is 5.75 Å². The predicted molar refractivity (Wildman–Crippen MR) is 134 cm³/mol. The smallest absolute Gasteiger partial charge is 0.407 e. The molecule has 0 radical (unpaired) electrons. The molecule has 0 unspecified atom stereocenters. The second kappa shape index (κ2) is 12.9. The molecule has 0 aromatic heterocycles. The molecule has 7 heteroatoms. The highest BCUT2D eigenvalue weighted by molar-refractivity contribution is 5.67. The van der Waals surface area contributed by atoms with Gasteiger partial charge in [-0.3, -0.25) is 9.69 Å². The third-order valence-electron chi connectivity index (χ3n) is 6.44. The van der Waals surface area contributed by atoms with E-state index in [2.05, 4.69) is 29.3 Å². The van der Waals surface area contributed by atoms with E-state index < -0.39 is 5.60 Å². The summed E-state index contributed by atoms with van der Waals surface area (Å²) < 4.78 is 16.7. The van der Waals surface area contributed by atoms with Gasteiger partial charge < -0.3 is 19.5 Å². The average molecular weight is 475 g/mol. The van der Waals surface area contributed by atoms with Crippen LogP contribution in [0.2, 0.25) is 0 Å². The number of hydrogen-bond donors (Lipinski definition) is 1. The number of unbranched alkanes of at least 4 members (excludes halogenated alkanes) is 1. The van der Waals surface area contributed by atoms with Crippen LogP contribution in [0.25, 0.3) is 0 Å². The zero-order chi connectivity index (χ0) is 25.2. The van der Waals surface area contributed by atoms with Crippen LogP contribution < -0.4 is 10.1 Å². The molecule has 1 aromatic rings. The monoisotopic (exact) mass is 474 g/mol. The summed E-state index contributed by atoms with van der Waals surface area (Å²) in [5, 5.41) is 2.83. The highest BCUT2D eigenvalue weighted by Crippen LogP contribution is 2.38. The van der Waals surface area contributed by atoms with Crippen LogP contribution in [0.5, 0.6) is 5.75 Å². The summed E-state index contributed by atoms with van der Waals surface area (Å²) in [6, 6.07) is 8.51. The minimum atomic E-state index is -0.497. The molecule has 34 heavy (non-hydrogen) atoms. The van der Waals surface area contributed by atoms with Crippen molar-refractivity contribution < 1.29 is 23.8 Å². The van der Waals surface area contributed by atoms with Gasteiger partial charge in [0.2, 0.25) is 0 Å². The van der Waals surface area contributed by atoms with Crippen molar-refractivity contribution in [2.24, 2.45) is 0 Å². The van der Waals surface area contributed by atoms with Crippen molar-refractivity contribution in [1.82, 2.24) is 10.2 Å². The van der Waals surface area contributed by atoms with Crippen molar-refractivity contribution in [1.29, 1.82) is 0 Å². The van der Waals surface area contributed by atoms with E-state index in [0.29, 0.717) is 6.54 Å². The van der Waals surface area contributed by atoms with E-state index in [-0.39, 0.29) is 23.8 Å². The van der Waals surface area contributed by atoms with Gasteiger partial charge in [0, 0.05) is 32.3 Å². The van der Waals surface area contributed by atoms with Gasteiger partial charge in [-0.05, 0) is 83.6 Å². The maximum atomic E-state index is 11.9. The van der Waals surface area contributed by atoms with Gasteiger partial charge in [-0.25, -0.2) is 4.79 Å². The largest absolute Gasteiger partial charge is 0.497 e. The summed E-state index contributed by atoms with van der Waals surface area (Å²) in [4.78, 5) is 25.3. The summed E-state index contributed by atoms with van der Waals surface area (Å²) in [5.74, 6) is 0.834. The Morgan fingerprint density at radius 2 is 1.82 bits per heavy atom. The zero-order valence-electron chi connectivity index (χ0n) is 21.6. The van der Waals surface area contributed by atoms with E-state index in [1.807, 2.05) is 39.0 Å². The molecule has 1 fully saturated rings. The van der Waals surface area contributed by atoms with Gasteiger partial charge in [0.05, 0.1) is 12.7 Å². The van der Waals surface area contributed by atoms with Gasteiger partial charge in [0.15, 0.2) is 0 Å². The van der Waals surface area contributed by atoms with Gasteiger partial charge in [0.25, 0.3) is 0 Å². The fourth-order valence-electron chi connectivity index (χ4n) is 4.61. The molecule has 0 spiro atoms. The molecule has 0 bridgehead atoms. The number of aldehydes is 1. The Kier molecular flexibility index (Phi) is 10.6. The van der Waals surface area contributed by atoms with Gasteiger partial charge >= 0.3 is 6.09 Å². The third kappa shape index (κ3) is 8.44. The molecule has 2 rings (SSSR count). The lowest BCUT2D eigenvalue weighted by atomic mass is 9.88. The van der Waals surface area contributed by atoms with E-state index in [9.17, 15) is 9.59 Å². The topological polar surface area (TPSA) is 77.1 Å². The Bertz CT molecular complexity index is 802. The predicted octanol–water partition coefficient (Wildman–Crippen LogP) is 4.88. The minimum Gasteiger partial charge on any atom is -0.497 e. The highest BCUT2D eigenvalue weighted by Gasteiger charge is 2.43. The van der Waals surface area contributed by atoms with Crippen molar-refractivity contribution in [2.75, 3.05) is 20.8 Å². The Morgan fingerprint density at radius 1 is 1.12 bits per heavy atom. The number of benzene rings is 1. The van der Waals surface area contributed by atoms with Crippen LogP contribution in [-0.4, -0.2) is 61.3 Å². The number of ether oxygens (including phenoxy) is 3. The number of carbonyl (C=O) groups excluding carboxylic acids is 2. The number of allylic oxidation sites excluding steroid dienone is 1. The summed E-state index contributed by atoms with van der Waals surface area (Å²) in [7, 11) is 3.44. The van der Waals surface area contributed by atoms with Gasteiger partial charge in [-0.1, -0.05) is 18.2 Å². The van der Waals surface area contributed by atoms with Crippen molar-refractivity contribution in [3.05, 3.63) is 42.0 Å². The molecule has 1 amide bonds. The van der Waals surface area contributed by atoms with Crippen molar-refractivity contribution in [3.63, 3.8) is 0 Å². The number of rotatable bonds is 12. The number of carbonyl (C=O) groups is 2.